The molecule has 0 atom stereocenters. The first-order valence-electron chi connectivity index (χ1n) is 9.49. The fourth-order valence-electron chi connectivity index (χ4n) is 3.05. The van der Waals surface area contributed by atoms with E-state index in [1.54, 1.807) is 17.5 Å². The van der Waals surface area contributed by atoms with Gasteiger partial charge >= 0.3 is 0 Å². The molecule has 0 aliphatic carbocycles. The van der Waals surface area contributed by atoms with Gasteiger partial charge in [-0.2, -0.15) is 0 Å². The molecule has 31 heavy (non-hydrogen) atoms. The quantitative estimate of drug-likeness (QED) is 0.403. The van der Waals surface area contributed by atoms with Crippen molar-refractivity contribution in [3.8, 4) is 5.75 Å². The van der Waals surface area contributed by atoms with Gasteiger partial charge in [0.1, 0.15) is 16.6 Å². The molecule has 4 rings (SSSR count). The van der Waals surface area contributed by atoms with E-state index in [4.69, 9.17) is 4.74 Å². The Morgan fingerprint density at radius 2 is 1.71 bits per heavy atom. The second-order valence-corrected chi connectivity index (χ2v) is 9.59. The van der Waals surface area contributed by atoms with Crippen LogP contribution in [0.4, 0.5) is 0 Å². The molecule has 0 aliphatic rings. The number of ether oxygens (including phenoxy) is 1. The number of fused-ring (bicyclic) bond motifs is 1. The fraction of sp³-hybridized carbons (Fsp3) is 0.0417. The molecule has 1 N–H and O–H groups in total. The molecule has 7 heteroatoms. The summed E-state index contributed by atoms with van der Waals surface area (Å²) in [5.74, 6) is 0.0379. The summed E-state index contributed by atoms with van der Waals surface area (Å²) < 4.78 is 32.4. The van der Waals surface area contributed by atoms with Gasteiger partial charge in [-0.05, 0) is 51.6 Å². The van der Waals surface area contributed by atoms with E-state index in [0.717, 1.165) is 39.0 Å². The molecule has 0 spiro atoms. The minimum Gasteiger partial charge on any atom is -0.489 e. The topological polar surface area (TPSA) is 72.5 Å². The number of hydrogen-bond acceptors (Lipinski definition) is 5. The maximum atomic E-state index is 12.2. The molecule has 3 aromatic carbocycles. The largest absolute Gasteiger partial charge is 0.489 e. The van der Waals surface area contributed by atoms with E-state index < -0.39 is 15.9 Å². The van der Waals surface area contributed by atoms with Gasteiger partial charge in [-0.3, -0.25) is 4.79 Å². The van der Waals surface area contributed by atoms with Gasteiger partial charge in [0.2, 0.25) is 0 Å². The van der Waals surface area contributed by atoms with Crippen LogP contribution >= 0.6 is 11.3 Å². The zero-order chi connectivity index (χ0) is 21.7. The van der Waals surface area contributed by atoms with Gasteiger partial charge in [0.25, 0.3) is 15.9 Å². The lowest BCUT2D eigenvalue weighted by molar-refractivity contribution is -0.114. The zero-order valence-corrected chi connectivity index (χ0v) is 18.0. The molecular formula is C24H19NO4S2. The number of amides is 1. The molecule has 0 radical (unpaired) electrons. The van der Waals surface area contributed by atoms with Crippen LogP contribution in [-0.2, 0) is 21.4 Å². The van der Waals surface area contributed by atoms with Crippen molar-refractivity contribution in [2.24, 2.45) is 0 Å². The van der Waals surface area contributed by atoms with Crippen LogP contribution in [0.25, 0.3) is 16.8 Å². The molecule has 1 amide bonds. The summed E-state index contributed by atoms with van der Waals surface area (Å²) in [6, 6.07) is 24.5. The van der Waals surface area contributed by atoms with Crippen LogP contribution in [0.5, 0.6) is 5.75 Å². The van der Waals surface area contributed by atoms with Crippen molar-refractivity contribution < 1.29 is 17.9 Å². The van der Waals surface area contributed by atoms with Crippen LogP contribution in [-0.4, -0.2) is 14.3 Å². The van der Waals surface area contributed by atoms with Gasteiger partial charge in [-0.25, -0.2) is 13.1 Å². The molecule has 156 valence electrons. The lowest BCUT2D eigenvalue weighted by atomic mass is 10.1. The first-order valence-corrected chi connectivity index (χ1v) is 11.9. The van der Waals surface area contributed by atoms with Gasteiger partial charge in [-0.1, -0.05) is 60.7 Å². The summed E-state index contributed by atoms with van der Waals surface area (Å²) in [4.78, 5) is 12.1. The molecule has 0 fully saturated rings. The van der Waals surface area contributed by atoms with Gasteiger partial charge in [-0.15, -0.1) is 11.3 Å². The van der Waals surface area contributed by atoms with E-state index in [1.807, 2.05) is 71.5 Å². The van der Waals surface area contributed by atoms with E-state index in [-0.39, 0.29) is 4.21 Å². The lowest BCUT2D eigenvalue weighted by Gasteiger charge is -2.10. The first kappa shape index (κ1) is 20.8. The second kappa shape index (κ2) is 9.16. The molecule has 0 saturated heterocycles. The Morgan fingerprint density at radius 3 is 2.52 bits per heavy atom. The molecule has 5 nitrogen and oxygen atoms in total. The highest BCUT2D eigenvalue weighted by Crippen LogP contribution is 2.22. The Kier molecular flexibility index (Phi) is 6.16. The molecule has 0 saturated carbocycles. The molecular weight excluding hydrogens is 430 g/mol. The van der Waals surface area contributed by atoms with Crippen LogP contribution in [0.3, 0.4) is 0 Å². The van der Waals surface area contributed by atoms with Crippen LogP contribution in [0.2, 0.25) is 0 Å². The predicted octanol–water partition coefficient (Wildman–Crippen LogP) is 5.00. The van der Waals surface area contributed by atoms with Crippen molar-refractivity contribution in [1.29, 1.82) is 0 Å². The highest BCUT2D eigenvalue weighted by molar-refractivity contribution is 7.92. The number of hydrogen-bond donors (Lipinski definition) is 1. The molecule has 1 aromatic heterocycles. The van der Waals surface area contributed by atoms with E-state index >= 15 is 0 Å². The summed E-state index contributed by atoms with van der Waals surface area (Å²) in [6.45, 7) is 0.313. The number of sulfonamides is 1. The van der Waals surface area contributed by atoms with Crippen LogP contribution in [0.1, 0.15) is 11.1 Å². The third-order valence-corrected chi connectivity index (χ3v) is 7.32. The van der Waals surface area contributed by atoms with Gasteiger partial charge in [0, 0.05) is 6.08 Å². The van der Waals surface area contributed by atoms with Crippen molar-refractivity contribution in [2.75, 3.05) is 0 Å². The number of carbonyl (C=O) groups is 1. The number of carbonyl (C=O) groups excluding carboxylic acids is 1. The summed E-state index contributed by atoms with van der Waals surface area (Å²) in [5.41, 5.74) is 1.65. The molecule has 0 aliphatic heterocycles. The Morgan fingerprint density at radius 1 is 0.935 bits per heavy atom. The number of benzene rings is 3. The zero-order valence-electron chi connectivity index (χ0n) is 16.4. The van der Waals surface area contributed by atoms with Gasteiger partial charge in [0.15, 0.2) is 0 Å². The monoisotopic (exact) mass is 449 g/mol. The van der Waals surface area contributed by atoms with E-state index in [9.17, 15) is 13.2 Å². The molecule has 0 unspecified atom stereocenters. The number of rotatable bonds is 7. The summed E-state index contributed by atoms with van der Waals surface area (Å²) in [5, 5.41) is 3.87. The van der Waals surface area contributed by atoms with Crippen LogP contribution < -0.4 is 9.46 Å². The average Bonchev–Trinajstić information content (AvgIpc) is 3.32. The van der Waals surface area contributed by atoms with Crippen molar-refractivity contribution >= 4 is 44.1 Å². The van der Waals surface area contributed by atoms with Crippen LogP contribution in [0, 0.1) is 0 Å². The molecule has 1 heterocycles. The number of thiophene rings is 1. The standard InChI is InChI=1S/C24H19NO4S2/c26-23(25-31(27,28)24-10-5-15-30-24)14-12-19-7-2-4-9-21(19)17-29-22-13-11-18-6-1-3-8-20(18)16-22/h1-16H,17H2,(H,25,26). The van der Waals surface area contributed by atoms with Crippen molar-refractivity contribution in [3.05, 3.63) is 101 Å². The lowest BCUT2D eigenvalue weighted by Crippen LogP contribution is -2.28. The van der Waals surface area contributed by atoms with E-state index in [1.165, 1.54) is 12.1 Å². The van der Waals surface area contributed by atoms with Crippen molar-refractivity contribution in [2.45, 2.75) is 10.8 Å². The third kappa shape index (κ3) is 5.20. The average molecular weight is 450 g/mol. The Bertz CT molecular complexity index is 1340. The van der Waals surface area contributed by atoms with Crippen molar-refractivity contribution in [3.63, 3.8) is 0 Å². The van der Waals surface area contributed by atoms with E-state index in [2.05, 4.69) is 0 Å². The van der Waals surface area contributed by atoms with Crippen LogP contribution in [0.15, 0.2) is 94.5 Å². The highest BCUT2D eigenvalue weighted by atomic mass is 32.2. The Balaban J connectivity index is 1.44. The fourth-order valence-corrected chi connectivity index (χ4v) is 4.98. The minimum atomic E-state index is -3.85. The highest BCUT2D eigenvalue weighted by Gasteiger charge is 2.17. The minimum absolute atomic E-state index is 0.0958. The smallest absolute Gasteiger partial charge is 0.273 e. The van der Waals surface area contributed by atoms with Crippen molar-refractivity contribution in [1.82, 2.24) is 4.72 Å². The molecule has 0 bridgehead atoms. The summed E-state index contributed by atoms with van der Waals surface area (Å²) >= 11 is 1.05. The Labute approximate surface area is 184 Å². The van der Waals surface area contributed by atoms with Gasteiger partial charge < -0.3 is 4.74 Å². The first-order chi connectivity index (χ1) is 15.0. The molecule has 4 aromatic rings. The predicted molar refractivity (Wildman–Crippen MR) is 123 cm³/mol. The number of nitrogens with one attached hydrogen (secondary N) is 1. The van der Waals surface area contributed by atoms with Gasteiger partial charge in [0.05, 0.1) is 0 Å². The third-order valence-electron chi connectivity index (χ3n) is 4.58. The normalized spacial score (nSPS) is 11.6. The second-order valence-electron chi connectivity index (χ2n) is 6.73. The summed E-state index contributed by atoms with van der Waals surface area (Å²) in [6.07, 6.45) is 2.79. The SMILES string of the molecule is O=C(C=Cc1ccccc1COc1ccc2ccccc2c1)NS(=O)(=O)c1cccs1. The maximum Gasteiger partial charge on any atom is 0.273 e. The summed E-state index contributed by atoms with van der Waals surface area (Å²) in [7, 11) is -3.85. The maximum absolute atomic E-state index is 12.2. The Hall–Kier alpha value is -3.42. The van der Waals surface area contributed by atoms with E-state index in [0.29, 0.717) is 6.61 Å².